The Bertz CT molecular complexity index is 964. The van der Waals surface area contributed by atoms with Gasteiger partial charge in [0.2, 0.25) is 0 Å². The zero-order valence-corrected chi connectivity index (χ0v) is 21.8. The summed E-state index contributed by atoms with van der Waals surface area (Å²) in [6.07, 6.45) is 14.4. The predicted molar refractivity (Wildman–Crippen MR) is 144 cm³/mol. The van der Waals surface area contributed by atoms with Gasteiger partial charge in [-0.2, -0.15) is 5.26 Å². The molecule has 5 nitrogen and oxygen atoms in total. The lowest BCUT2D eigenvalue weighted by atomic mass is 10.1. The number of carbonyl (C=O) groups excluding carboxylic acids is 1. The molecular formula is C29H44N4O. The van der Waals surface area contributed by atoms with Crippen molar-refractivity contribution < 1.29 is 4.79 Å². The van der Waals surface area contributed by atoms with E-state index in [0.29, 0.717) is 6.54 Å². The summed E-state index contributed by atoms with van der Waals surface area (Å²) in [5.74, 6) is -0.275. The number of hydrogen-bond acceptors (Lipinski definition) is 3. The SMILES string of the molecule is CCCCCCCCCCCCNC(=O)/C(C#N)=C/c1c(C)n(CCN(C)C)c2ccccc12. The molecule has 2 aromatic rings. The zero-order valence-electron chi connectivity index (χ0n) is 21.8. The van der Waals surface area contributed by atoms with Crippen molar-refractivity contribution in [1.29, 1.82) is 5.26 Å². The Kier molecular flexibility index (Phi) is 12.5. The zero-order chi connectivity index (χ0) is 24.8. The van der Waals surface area contributed by atoms with Crippen molar-refractivity contribution in [2.45, 2.75) is 84.6 Å². The lowest BCUT2D eigenvalue weighted by Crippen LogP contribution is -2.25. The van der Waals surface area contributed by atoms with Gasteiger partial charge in [0.15, 0.2) is 0 Å². The minimum absolute atomic E-state index is 0.172. The van der Waals surface area contributed by atoms with Crippen molar-refractivity contribution in [3.63, 3.8) is 0 Å². The first-order valence-corrected chi connectivity index (χ1v) is 13.1. The van der Waals surface area contributed by atoms with Gasteiger partial charge in [-0.25, -0.2) is 0 Å². The number of nitrogens with one attached hydrogen (secondary N) is 1. The van der Waals surface area contributed by atoms with Gasteiger partial charge in [-0.3, -0.25) is 4.79 Å². The van der Waals surface area contributed by atoms with Gasteiger partial charge < -0.3 is 14.8 Å². The molecule has 0 atom stereocenters. The number of likely N-dealkylation sites (N-methyl/N-ethyl adjacent to an activating group) is 1. The smallest absolute Gasteiger partial charge is 0.261 e. The Morgan fingerprint density at radius 1 is 1.03 bits per heavy atom. The minimum atomic E-state index is -0.275. The maximum atomic E-state index is 12.7. The highest BCUT2D eigenvalue weighted by molar-refractivity contribution is 6.04. The van der Waals surface area contributed by atoms with E-state index in [4.69, 9.17) is 0 Å². The summed E-state index contributed by atoms with van der Waals surface area (Å²) in [6.45, 7) is 6.73. The third-order valence-electron chi connectivity index (χ3n) is 6.52. The van der Waals surface area contributed by atoms with Crippen LogP contribution in [-0.4, -0.2) is 42.6 Å². The molecular weight excluding hydrogens is 420 g/mol. The van der Waals surface area contributed by atoms with E-state index < -0.39 is 0 Å². The Labute approximate surface area is 206 Å². The average Bonchev–Trinajstić information content (AvgIpc) is 3.09. The monoisotopic (exact) mass is 464 g/mol. The van der Waals surface area contributed by atoms with Crippen molar-refractivity contribution in [3.8, 4) is 6.07 Å². The van der Waals surface area contributed by atoms with Crippen LogP contribution in [0.15, 0.2) is 29.8 Å². The first-order chi connectivity index (χ1) is 16.5. The molecule has 5 heteroatoms. The molecule has 34 heavy (non-hydrogen) atoms. The van der Waals surface area contributed by atoms with E-state index in [1.165, 1.54) is 51.4 Å². The topological polar surface area (TPSA) is 61.1 Å². The number of amides is 1. The van der Waals surface area contributed by atoms with Crippen LogP contribution in [0.25, 0.3) is 17.0 Å². The fraction of sp³-hybridized carbons (Fsp3) is 0.586. The fourth-order valence-electron chi connectivity index (χ4n) is 4.43. The van der Waals surface area contributed by atoms with Crippen LogP contribution in [0.4, 0.5) is 0 Å². The quantitative estimate of drug-likeness (QED) is 0.176. The number of rotatable bonds is 16. The van der Waals surface area contributed by atoms with Crippen molar-refractivity contribution in [3.05, 3.63) is 41.1 Å². The van der Waals surface area contributed by atoms with Gasteiger partial charge in [-0.05, 0) is 39.6 Å². The molecule has 0 unspecified atom stereocenters. The molecule has 0 saturated carbocycles. The van der Waals surface area contributed by atoms with Crippen LogP contribution < -0.4 is 5.32 Å². The highest BCUT2D eigenvalue weighted by atomic mass is 16.1. The summed E-state index contributed by atoms with van der Waals surface area (Å²) >= 11 is 0. The molecule has 1 N–H and O–H groups in total. The summed E-state index contributed by atoms with van der Waals surface area (Å²) in [6, 6.07) is 10.3. The number of hydrogen-bond donors (Lipinski definition) is 1. The molecule has 2 rings (SSSR count). The molecule has 0 radical (unpaired) electrons. The average molecular weight is 465 g/mol. The Hall–Kier alpha value is -2.58. The fourth-order valence-corrected chi connectivity index (χ4v) is 4.43. The van der Waals surface area contributed by atoms with Gasteiger partial charge in [0.05, 0.1) is 0 Å². The van der Waals surface area contributed by atoms with Crippen molar-refractivity contribution >= 4 is 22.9 Å². The minimum Gasteiger partial charge on any atom is -0.351 e. The molecule has 1 aromatic heterocycles. The third kappa shape index (κ3) is 8.65. The van der Waals surface area contributed by atoms with Crippen molar-refractivity contribution in [2.24, 2.45) is 0 Å². The highest BCUT2D eigenvalue weighted by Gasteiger charge is 2.15. The number of nitrogens with zero attached hydrogens (tertiary/aromatic N) is 3. The molecule has 0 aliphatic carbocycles. The number of para-hydroxylation sites is 1. The molecule has 0 aliphatic heterocycles. The number of carbonyl (C=O) groups is 1. The van der Waals surface area contributed by atoms with Crippen LogP contribution >= 0.6 is 0 Å². The number of unbranched alkanes of at least 4 members (excludes halogenated alkanes) is 9. The van der Waals surface area contributed by atoms with Crippen LogP contribution in [-0.2, 0) is 11.3 Å². The largest absolute Gasteiger partial charge is 0.351 e. The van der Waals surface area contributed by atoms with E-state index in [1.807, 2.05) is 12.1 Å². The molecule has 186 valence electrons. The van der Waals surface area contributed by atoms with Crippen molar-refractivity contribution in [1.82, 2.24) is 14.8 Å². The lowest BCUT2D eigenvalue weighted by Gasteiger charge is -2.13. The van der Waals surface area contributed by atoms with Crippen LogP contribution in [0.3, 0.4) is 0 Å². The van der Waals surface area contributed by atoms with E-state index in [2.05, 4.69) is 60.9 Å². The lowest BCUT2D eigenvalue weighted by molar-refractivity contribution is -0.117. The van der Waals surface area contributed by atoms with Crippen LogP contribution in [0, 0.1) is 18.3 Å². The van der Waals surface area contributed by atoms with Crippen LogP contribution in [0.1, 0.15) is 82.4 Å². The first-order valence-electron chi connectivity index (χ1n) is 13.1. The van der Waals surface area contributed by atoms with Gasteiger partial charge in [-0.1, -0.05) is 82.9 Å². The van der Waals surface area contributed by atoms with Crippen LogP contribution in [0.5, 0.6) is 0 Å². The second-order valence-electron chi connectivity index (χ2n) is 9.58. The summed E-state index contributed by atoms with van der Waals surface area (Å²) < 4.78 is 2.28. The highest BCUT2D eigenvalue weighted by Crippen LogP contribution is 2.28. The predicted octanol–water partition coefficient (Wildman–Crippen LogP) is 6.46. The molecule has 0 aliphatic rings. The standard InChI is InChI=1S/C29H44N4O/c1-5-6-7-8-9-10-11-12-13-16-19-31-29(34)25(23-30)22-27-24(2)33(21-20-32(3)4)28-18-15-14-17-26(27)28/h14-15,17-18,22H,5-13,16,19-21H2,1-4H3,(H,31,34)/b25-22+. The van der Waals surface area contributed by atoms with E-state index in [9.17, 15) is 10.1 Å². The maximum Gasteiger partial charge on any atom is 0.261 e. The molecule has 0 bridgehead atoms. The Balaban J connectivity index is 1.89. The van der Waals surface area contributed by atoms with E-state index in [-0.39, 0.29) is 11.5 Å². The third-order valence-corrected chi connectivity index (χ3v) is 6.52. The van der Waals surface area contributed by atoms with E-state index in [0.717, 1.165) is 48.1 Å². The number of benzene rings is 1. The summed E-state index contributed by atoms with van der Waals surface area (Å²) in [4.78, 5) is 14.9. The molecule has 1 amide bonds. The molecule has 0 fully saturated rings. The van der Waals surface area contributed by atoms with E-state index >= 15 is 0 Å². The van der Waals surface area contributed by atoms with Gasteiger partial charge in [-0.15, -0.1) is 0 Å². The summed E-state index contributed by atoms with van der Waals surface area (Å²) in [5.41, 5.74) is 3.35. The summed E-state index contributed by atoms with van der Waals surface area (Å²) in [7, 11) is 4.13. The van der Waals surface area contributed by atoms with E-state index in [1.54, 1.807) is 6.08 Å². The maximum absolute atomic E-state index is 12.7. The Morgan fingerprint density at radius 3 is 2.26 bits per heavy atom. The van der Waals surface area contributed by atoms with Gasteiger partial charge >= 0.3 is 0 Å². The Morgan fingerprint density at radius 2 is 1.65 bits per heavy atom. The molecule has 1 heterocycles. The molecule has 0 spiro atoms. The van der Waals surface area contributed by atoms with Gasteiger partial charge in [0, 0.05) is 41.8 Å². The number of nitriles is 1. The normalized spacial score (nSPS) is 11.8. The molecule has 0 saturated heterocycles. The summed E-state index contributed by atoms with van der Waals surface area (Å²) in [5, 5.41) is 13.7. The molecule has 1 aromatic carbocycles. The number of aromatic nitrogens is 1. The van der Waals surface area contributed by atoms with Crippen LogP contribution in [0.2, 0.25) is 0 Å². The second-order valence-corrected chi connectivity index (χ2v) is 9.58. The second kappa shape index (κ2) is 15.3. The van der Waals surface area contributed by atoms with Gasteiger partial charge in [0.25, 0.3) is 5.91 Å². The number of fused-ring (bicyclic) bond motifs is 1. The van der Waals surface area contributed by atoms with Crippen molar-refractivity contribution in [2.75, 3.05) is 27.2 Å². The van der Waals surface area contributed by atoms with Gasteiger partial charge in [0.1, 0.15) is 11.6 Å². The first kappa shape index (κ1) is 27.7.